The van der Waals surface area contributed by atoms with Gasteiger partial charge in [0.1, 0.15) is 0 Å². The zero-order valence-corrected chi connectivity index (χ0v) is 11.4. The van der Waals surface area contributed by atoms with Gasteiger partial charge >= 0.3 is 0 Å². The van der Waals surface area contributed by atoms with Crippen LogP contribution in [0.1, 0.15) is 50.8 Å². The molecule has 1 N–H and O–H groups in total. The molecule has 2 rings (SSSR count). The van der Waals surface area contributed by atoms with Gasteiger partial charge in [-0.25, -0.2) is 0 Å². The lowest BCUT2D eigenvalue weighted by Gasteiger charge is -2.04. The number of aromatic nitrogens is 2. The van der Waals surface area contributed by atoms with E-state index in [2.05, 4.69) is 42.1 Å². The van der Waals surface area contributed by atoms with Gasteiger partial charge in [-0.1, -0.05) is 13.8 Å². The van der Waals surface area contributed by atoms with E-state index in [-0.39, 0.29) is 0 Å². The number of rotatable bonds is 7. The van der Waals surface area contributed by atoms with Crippen molar-refractivity contribution < 1.29 is 0 Å². The van der Waals surface area contributed by atoms with Crippen molar-refractivity contribution in [1.82, 2.24) is 15.1 Å². The third-order valence-electron chi connectivity index (χ3n) is 3.38. The summed E-state index contributed by atoms with van der Waals surface area (Å²) in [4.78, 5) is 0. The Kier molecular flexibility index (Phi) is 4.21. The second-order valence-electron chi connectivity index (χ2n) is 5.69. The van der Waals surface area contributed by atoms with E-state index in [4.69, 9.17) is 0 Å². The summed E-state index contributed by atoms with van der Waals surface area (Å²) in [6, 6.07) is 0.777. The Balaban J connectivity index is 1.79. The first-order chi connectivity index (χ1) is 8.15. The van der Waals surface area contributed by atoms with Crippen LogP contribution in [-0.2, 0) is 13.1 Å². The number of nitrogens with zero attached hydrogens (tertiary/aromatic N) is 2. The molecule has 0 atom stereocenters. The summed E-state index contributed by atoms with van der Waals surface area (Å²) in [6.45, 7) is 8.71. The molecule has 0 saturated heterocycles. The number of nitrogens with one attached hydrogen (secondary N) is 1. The molecular weight excluding hydrogens is 210 g/mol. The van der Waals surface area contributed by atoms with E-state index in [1.165, 1.54) is 36.9 Å². The van der Waals surface area contributed by atoms with E-state index in [0.717, 1.165) is 25.0 Å². The highest BCUT2D eigenvalue weighted by molar-refractivity contribution is 5.15. The van der Waals surface area contributed by atoms with Gasteiger partial charge in [-0.15, -0.1) is 0 Å². The van der Waals surface area contributed by atoms with Crippen molar-refractivity contribution in [3.8, 4) is 0 Å². The van der Waals surface area contributed by atoms with Crippen molar-refractivity contribution in [3.05, 3.63) is 17.5 Å². The first-order valence-electron chi connectivity index (χ1n) is 6.91. The van der Waals surface area contributed by atoms with Gasteiger partial charge in [0.05, 0.1) is 5.69 Å². The monoisotopic (exact) mass is 235 g/mol. The smallest absolute Gasteiger partial charge is 0.0638 e. The Morgan fingerprint density at radius 2 is 2.24 bits per heavy atom. The van der Waals surface area contributed by atoms with Crippen LogP contribution in [0.15, 0.2) is 6.20 Å². The molecule has 17 heavy (non-hydrogen) atoms. The lowest BCUT2D eigenvalue weighted by molar-refractivity contribution is 0.488. The summed E-state index contributed by atoms with van der Waals surface area (Å²) < 4.78 is 2.11. The molecule has 1 aromatic heterocycles. The molecule has 96 valence electrons. The zero-order chi connectivity index (χ0) is 12.3. The van der Waals surface area contributed by atoms with Crippen LogP contribution < -0.4 is 5.32 Å². The highest BCUT2D eigenvalue weighted by Crippen LogP contribution is 2.19. The van der Waals surface area contributed by atoms with Crippen molar-refractivity contribution in [2.45, 2.75) is 65.6 Å². The van der Waals surface area contributed by atoms with E-state index in [0.29, 0.717) is 0 Å². The molecule has 1 heterocycles. The fourth-order valence-electron chi connectivity index (χ4n) is 2.05. The number of aryl methyl sites for hydroxylation is 2. The van der Waals surface area contributed by atoms with Gasteiger partial charge in [-0.3, -0.25) is 4.68 Å². The zero-order valence-electron chi connectivity index (χ0n) is 11.4. The minimum Gasteiger partial charge on any atom is -0.310 e. The van der Waals surface area contributed by atoms with Gasteiger partial charge in [-0.05, 0) is 38.5 Å². The molecular formula is C14H25N3. The van der Waals surface area contributed by atoms with Crippen LogP contribution in [0.5, 0.6) is 0 Å². The van der Waals surface area contributed by atoms with Crippen LogP contribution in [0, 0.1) is 12.8 Å². The second-order valence-corrected chi connectivity index (χ2v) is 5.69. The van der Waals surface area contributed by atoms with Crippen molar-refractivity contribution in [2.24, 2.45) is 5.92 Å². The Morgan fingerprint density at radius 3 is 2.88 bits per heavy atom. The van der Waals surface area contributed by atoms with Crippen LogP contribution in [0.25, 0.3) is 0 Å². The Hall–Kier alpha value is -0.830. The maximum atomic E-state index is 4.58. The van der Waals surface area contributed by atoms with E-state index in [1.54, 1.807) is 0 Å². The molecule has 3 heteroatoms. The summed E-state index contributed by atoms with van der Waals surface area (Å²) in [7, 11) is 0. The predicted octanol–water partition coefficient (Wildman–Crippen LogP) is 2.88. The first kappa shape index (κ1) is 12.6. The molecule has 0 amide bonds. The molecule has 1 aliphatic rings. The number of hydrogen-bond donors (Lipinski definition) is 1. The van der Waals surface area contributed by atoms with E-state index in [9.17, 15) is 0 Å². The highest BCUT2D eigenvalue weighted by Gasteiger charge is 2.20. The van der Waals surface area contributed by atoms with Gasteiger partial charge in [-0.2, -0.15) is 5.10 Å². The third-order valence-corrected chi connectivity index (χ3v) is 3.38. The first-order valence-corrected chi connectivity index (χ1v) is 6.91. The second kappa shape index (κ2) is 5.67. The van der Waals surface area contributed by atoms with Gasteiger partial charge < -0.3 is 5.32 Å². The largest absolute Gasteiger partial charge is 0.310 e. The summed E-state index contributed by atoms with van der Waals surface area (Å²) in [5, 5.41) is 8.13. The molecule has 0 unspecified atom stereocenters. The van der Waals surface area contributed by atoms with E-state index in [1.807, 2.05) is 0 Å². The topological polar surface area (TPSA) is 29.9 Å². The molecule has 1 aromatic rings. The fourth-order valence-corrected chi connectivity index (χ4v) is 2.05. The summed E-state index contributed by atoms with van der Waals surface area (Å²) >= 11 is 0. The maximum Gasteiger partial charge on any atom is 0.0638 e. The molecule has 3 nitrogen and oxygen atoms in total. The minimum absolute atomic E-state index is 0.777. The van der Waals surface area contributed by atoms with Crippen molar-refractivity contribution in [2.75, 3.05) is 0 Å². The Labute approximate surface area is 105 Å². The molecule has 0 aliphatic heterocycles. The fraction of sp³-hybridized carbons (Fsp3) is 0.786. The molecule has 1 saturated carbocycles. The molecule has 0 radical (unpaired) electrons. The average Bonchev–Trinajstić information content (AvgIpc) is 3.01. The van der Waals surface area contributed by atoms with Gasteiger partial charge in [0.15, 0.2) is 0 Å². The Bertz CT molecular complexity index is 350. The standard InChI is InChI=1S/C14H25N3/c1-11(2)5-4-8-17-10-13(12(3)16-17)9-15-14-6-7-14/h10-11,14-15H,4-9H2,1-3H3. The van der Waals surface area contributed by atoms with Crippen LogP contribution in [0.2, 0.25) is 0 Å². The highest BCUT2D eigenvalue weighted by atomic mass is 15.3. The van der Waals surface area contributed by atoms with Crippen molar-refractivity contribution in [3.63, 3.8) is 0 Å². The Morgan fingerprint density at radius 1 is 1.47 bits per heavy atom. The molecule has 1 fully saturated rings. The minimum atomic E-state index is 0.777. The van der Waals surface area contributed by atoms with Crippen molar-refractivity contribution >= 4 is 0 Å². The quantitative estimate of drug-likeness (QED) is 0.787. The van der Waals surface area contributed by atoms with Crippen LogP contribution in [-0.4, -0.2) is 15.8 Å². The summed E-state index contributed by atoms with van der Waals surface area (Å²) in [5.41, 5.74) is 2.55. The molecule has 1 aliphatic carbocycles. The summed E-state index contributed by atoms with van der Waals surface area (Å²) in [5.74, 6) is 0.794. The maximum absolute atomic E-state index is 4.58. The van der Waals surface area contributed by atoms with E-state index < -0.39 is 0 Å². The SMILES string of the molecule is Cc1nn(CCCC(C)C)cc1CNC1CC1. The van der Waals surface area contributed by atoms with Crippen LogP contribution in [0.4, 0.5) is 0 Å². The molecule has 0 bridgehead atoms. The van der Waals surface area contributed by atoms with E-state index >= 15 is 0 Å². The van der Waals surface area contributed by atoms with Crippen LogP contribution >= 0.6 is 0 Å². The average molecular weight is 235 g/mol. The van der Waals surface area contributed by atoms with Crippen LogP contribution in [0.3, 0.4) is 0 Å². The molecule has 0 spiro atoms. The van der Waals surface area contributed by atoms with Gasteiger partial charge in [0.25, 0.3) is 0 Å². The van der Waals surface area contributed by atoms with Crippen molar-refractivity contribution in [1.29, 1.82) is 0 Å². The third kappa shape index (κ3) is 4.15. The molecule has 0 aromatic carbocycles. The van der Waals surface area contributed by atoms with Gasteiger partial charge in [0.2, 0.25) is 0 Å². The number of hydrogen-bond acceptors (Lipinski definition) is 2. The predicted molar refractivity (Wildman–Crippen MR) is 70.9 cm³/mol. The lowest BCUT2D eigenvalue weighted by atomic mass is 10.1. The normalized spacial score (nSPS) is 15.8. The lowest BCUT2D eigenvalue weighted by Crippen LogP contribution is -2.15. The van der Waals surface area contributed by atoms with Gasteiger partial charge in [0, 0.05) is 30.9 Å². The summed E-state index contributed by atoms with van der Waals surface area (Å²) in [6.07, 6.45) is 7.43.